The monoisotopic (exact) mass is 381 g/mol. The SMILES string of the molecule is CC(C)CCCNS(=O)(=O)c1cc(Br)cc(C(=O)O)c1F. The molecule has 21 heavy (non-hydrogen) atoms. The Hall–Kier alpha value is -0.990. The quantitative estimate of drug-likeness (QED) is 0.711. The molecule has 1 aromatic rings. The third kappa shape index (κ3) is 5.05. The number of nitrogens with one attached hydrogen (secondary N) is 1. The van der Waals surface area contributed by atoms with Crippen molar-refractivity contribution in [3.63, 3.8) is 0 Å². The van der Waals surface area contributed by atoms with Crippen molar-refractivity contribution in [3.05, 3.63) is 28.0 Å². The molecule has 0 aliphatic rings. The molecule has 0 saturated heterocycles. The number of rotatable bonds is 7. The van der Waals surface area contributed by atoms with Crippen LogP contribution in [-0.2, 0) is 10.0 Å². The van der Waals surface area contributed by atoms with E-state index < -0.39 is 32.3 Å². The fourth-order valence-corrected chi connectivity index (χ4v) is 3.52. The third-order valence-electron chi connectivity index (χ3n) is 2.77. The van der Waals surface area contributed by atoms with E-state index in [1.54, 1.807) is 0 Å². The van der Waals surface area contributed by atoms with Crippen LogP contribution in [0.15, 0.2) is 21.5 Å². The van der Waals surface area contributed by atoms with E-state index in [-0.39, 0.29) is 11.0 Å². The number of carbonyl (C=O) groups is 1. The summed E-state index contributed by atoms with van der Waals surface area (Å²) >= 11 is 2.99. The maximum atomic E-state index is 14.0. The van der Waals surface area contributed by atoms with Crippen LogP contribution in [0.2, 0.25) is 0 Å². The van der Waals surface area contributed by atoms with Crippen LogP contribution in [0.3, 0.4) is 0 Å². The number of benzene rings is 1. The van der Waals surface area contributed by atoms with E-state index in [2.05, 4.69) is 20.7 Å². The molecule has 0 bridgehead atoms. The van der Waals surface area contributed by atoms with Crippen molar-refractivity contribution >= 4 is 31.9 Å². The van der Waals surface area contributed by atoms with Crippen LogP contribution in [0.5, 0.6) is 0 Å². The fourth-order valence-electron chi connectivity index (χ4n) is 1.71. The molecule has 0 fully saturated rings. The molecule has 0 heterocycles. The summed E-state index contributed by atoms with van der Waals surface area (Å²) in [6.07, 6.45) is 1.46. The minimum absolute atomic E-state index is 0.175. The summed E-state index contributed by atoms with van der Waals surface area (Å²) in [4.78, 5) is 10.2. The van der Waals surface area contributed by atoms with Gasteiger partial charge in [0.15, 0.2) is 5.82 Å². The van der Waals surface area contributed by atoms with Crippen molar-refractivity contribution < 1.29 is 22.7 Å². The minimum atomic E-state index is -4.09. The summed E-state index contributed by atoms with van der Waals surface area (Å²) in [6, 6.07) is 2.07. The summed E-state index contributed by atoms with van der Waals surface area (Å²) in [6.45, 7) is 4.21. The van der Waals surface area contributed by atoms with Crippen molar-refractivity contribution in [2.45, 2.75) is 31.6 Å². The fraction of sp³-hybridized carbons (Fsp3) is 0.462. The molecule has 0 aromatic heterocycles. The second-order valence-electron chi connectivity index (χ2n) is 5.00. The smallest absolute Gasteiger partial charge is 0.338 e. The maximum absolute atomic E-state index is 14.0. The van der Waals surface area contributed by atoms with Crippen LogP contribution in [0.4, 0.5) is 4.39 Å². The van der Waals surface area contributed by atoms with Crippen LogP contribution < -0.4 is 4.72 Å². The second-order valence-corrected chi connectivity index (χ2v) is 7.66. The molecule has 0 saturated carbocycles. The van der Waals surface area contributed by atoms with E-state index in [4.69, 9.17) is 5.11 Å². The maximum Gasteiger partial charge on any atom is 0.338 e. The van der Waals surface area contributed by atoms with Crippen molar-refractivity contribution in [3.8, 4) is 0 Å². The van der Waals surface area contributed by atoms with Crippen molar-refractivity contribution in [1.29, 1.82) is 0 Å². The van der Waals surface area contributed by atoms with Gasteiger partial charge in [-0.15, -0.1) is 0 Å². The zero-order valence-corrected chi connectivity index (χ0v) is 14.1. The Labute approximate surface area is 131 Å². The van der Waals surface area contributed by atoms with Gasteiger partial charge in [-0.2, -0.15) is 0 Å². The van der Waals surface area contributed by atoms with Gasteiger partial charge in [0.1, 0.15) is 4.90 Å². The third-order valence-corrected chi connectivity index (χ3v) is 4.69. The normalized spacial score (nSPS) is 11.9. The number of aromatic carboxylic acids is 1. The van der Waals surface area contributed by atoms with Gasteiger partial charge in [0.05, 0.1) is 5.56 Å². The summed E-state index contributed by atoms with van der Waals surface area (Å²) < 4.78 is 40.6. The molecule has 1 aromatic carbocycles. The average Bonchev–Trinajstić information content (AvgIpc) is 2.36. The standard InChI is InChI=1S/C13H17BrFNO4S/c1-8(2)4-3-5-16-21(19,20)11-7-9(14)6-10(12(11)15)13(17)18/h6-8,16H,3-5H2,1-2H3,(H,17,18). The average molecular weight is 382 g/mol. The van der Waals surface area contributed by atoms with Gasteiger partial charge in [-0.05, 0) is 30.9 Å². The Morgan fingerprint density at radius 3 is 2.57 bits per heavy atom. The molecular formula is C13H17BrFNO4S. The van der Waals surface area contributed by atoms with Gasteiger partial charge in [-0.25, -0.2) is 22.3 Å². The molecule has 0 aliphatic heterocycles. The Morgan fingerprint density at radius 1 is 1.43 bits per heavy atom. The molecule has 5 nitrogen and oxygen atoms in total. The Kier molecular flexibility index (Phi) is 6.30. The predicted molar refractivity (Wildman–Crippen MR) is 80.3 cm³/mol. The molecule has 1 rings (SSSR count). The Morgan fingerprint density at radius 2 is 2.05 bits per heavy atom. The molecule has 0 aliphatic carbocycles. The molecule has 0 radical (unpaired) electrons. The van der Waals surface area contributed by atoms with Crippen molar-refractivity contribution in [2.24, 2.45) is 5.92 Å². The van der Waals surface area contributed by atoms with Crippen LogP contribution in [0, 0.1) is 11.7 Å². The van der Waals surface area contributed by atoms with E-state index in [9.17, 15) is 17.6 Å². The summed E-state index contributed by atoms with van der Waals surface area (Å²) in [5, 5.41) is 8.88. The van der Waals surface area contributed by atoms with E-state index in [0.29, 0.717) is 12.3 Å². The van der Waals surface area contributed by atoms with Crippen molar-refractivity contribution in [2.75, 3.05) is 6.54 Å². The minimum Gasteiger partial charge on any atom is -0.478 e. The number of carboxylic acid groups (broad SMARTS) is 1. The molecule has 0 spiro atoms. The highest BCUT2D eigenvalue weighted by Crippen LogP contribution is 2.24. The van der Waals surface area contributed by atoms with E-state index in [1.165, 1.54) is 0 Å². The lowest BCUT2D eigenvalue weighted by Gasteiger charge is -2.10. The van der Waals surface area contributed by atoms with Crippen LogP contribution in [-0.4, -0.2) is 26.0 Å². The first-order valence-corrected chi connectivity index (χ1v) is 8.64. The van der Waals surface area contributed by atoms with Gasteiger partial charge < -0.3 is 5.11 Å². The molecular weight excluding hydrogens is 365 g/mol. The molecule has 8 heteroatoms. The van der Waals surface area contributed by atoms with Crippen molar-refractivity contribution in [1.82, 2.24) is 4.72 Å². The van der Waals surface area contributed by atoms with E-state index >= 15 is 0 Å². The second kappa shape index (κ2) is 7.33. The first-order valence-electron chi connectivity index (χ1n) is 6.37. The predicted octanol–water partition coefficient (Wildman–Crippen LogP) is 3.00. The van der Waals surface area contributed by atoms with Gasteiger partial charge >= 0.3 is 5.97 Å². The Balaban J connectivity index is 3.00. The number of sulfonamides is 1. The lowest BCUT2D eigenvalue weighted by Crippen LogP contribution is -2.26. The summed E-state index contributed by atoms with van der Waals surface area (Å²) in [5.74, 6) is -2.34. The highest BCUT2D eigenvalue weighted by atomic mass is 79.9. The van der Waals surface area contributed by atoms with Crippen LogP contribution in [0.1, 0.15) is 37.0 Å². The molecule has 0 amide bonds. The number of carboxylic acids is 1. The topological polar surface area (TPSA) is 83.5 Å². The zero-order chi connectivity index (χ0) is 16.2. The largest absolute Gasteiger partial charge is 0.478 e. The van der Waals surface area contributed by atoms with Gasteiger partial charge in [0, 0.05) is 11.0 Å². The molecule has 2 N–H and O–H groups in total. The van der Waals surface area contributed by atoms with Gasteiger partial charge in [-0.3, -0.25) is 0 Å². The van der Waals surface area contributed by atoms with E-state index in [0.717, 1.165) is 18.6 Å². The lowest BCUT2D eigenvalue weighted by atomic mass is 10.1. The molecule has 0 atom stereocenters. The van der Waals surface area contributed by atoms with E-state index in [1.807, 2.05) is 13.8 Å². The van der Waals surface area contributed by atoms with Gasteiger partial charge in [0.2, 0.25) is 10.0 Å². The number of hydrogen-bond acceptors (Lipinski definition) is 3. The highest BCUT2D eigenvalue weighted by Gasteiger charge is 2.24. The summed E-state index contributed by atoms with van der Waals surface area (Å²) in [7, 11) is -4.09. The number of hydrogen-bond donors (Lipinski definition) is 2. The first-order chi connectivity index (χ1) is 9.65. The lowest BCUT2D eigenvalue weighted by molar-refractivity contribution is 0.0691. The Bertz CT molecular complexity index is 631. The molecule has 0 unspecified atom stereocenters. The summed E-state index contributed by atoms with van der Waals surface area (Å²) in [5.41, 5.74) is -0.688. The highest BCUT2D eigenvalue weighted by molar-refractivity contribution is 9.10. The van der Waals surface area contributed by atoms with Gasteiger partial charge in [-0.1, -0.05) is 29.8 Å². The number of halogens is 2. The zero-order valence-electron chi connectivity index (χ0n) is 11.7. The van der Waals surface area contributed by atoms with Crippen LogP contribution >= 0.6 is 15.9 Å². The van der Waals surface area contributed by atoms with Crippen LogP contribution in [0.25, 0.3) is 0 Å². The first kappa shape index (κ1) is 18.1. The van der Waals surface area contributed by atoms with Gasteiger partial charge in [0.25, 0.3) is 0 Å². The molecule has 118 valence electrons.